The topological polar surface area (TPSA) is 40.6 Å². The van der Waals surface area contributed by atoms with Gasteiger partial charge in [0.1, 0.15) is 0 Å². The SMILES string of the molecule is CCN1CCN(Cc2ccc(Cl)s2)[C@@H]2CS(=O)(=O)C[C@@H]21. The van der Waals surface area contributed by atoms with Crippen molar-refractivity contribution in [2.24, 2.45) is 0 Å². The molecule has 7 heteroatoms. The van der Waals surface area contributed by atoms with Crippen molar-refractivity contribution in [1.82, 2.24) is 9.80 Å². The Bertz CT molecular complexity index is 587. The van der Waals surface area contributed by atoms with E-state index in [0.29, 0.717) is 11.5 Å². The maximum atomic E-state index is 12.0. The molecule has 0 aromatic carbocycles. The summed E-state index contributed by atoms with van der Waals surface area (Å²) >= 11 is 7.56. The Balaban J connectivity index is 1.79. The molecule has 0 bridgehead atoms. The van der Waals surface area contributed by atoms with Crippen molar-refractivity contribution in [3.63, 3.8) is 0 Å². The van der Waals surface area contributed by atoms with Gasteiger partial charge in [-0.3, -0.25) is 9.80 Å². The van der Waals surface area contributed by atoms with E-state index in [9.17, 15) is 8.42 Å². The molecule has 2 saturated heterocycles. The van der Waals surface area contributed by atoms with Gasteiger partial charge in [-0.1, -0.05) is 18.5 Å². The van der Waals surface area contributed by atoms with Gasteiger partial charge in [-0.2, -0.15) is 0 Å². The fourth-order valence-corrected chi connectivity index (χ4v) is 6.48. The van der Waals surface area contributed by atoms with Gasteiger partial charge in [0.25, 0.3) is 0 Å². The highest BCUT2D eigenvalue weighted by Crippen LogP contribution is 2.30. The maximum Gasteiger partial charge on any atom is 0.153 e. The molecule has 0 radical (unpaired) electrons. The number of hydrogen-bond donors (Lipinski definition) is 0. The molecule has 0 unspecified atom stereocenters. The summed E-state index contributed by atoms with van der Waals surface area (Å²) < 4.78 is 24.8. The Morgan fingerprint density at radius 3 is 2.50 bits per heavy atom. The van der Waals surface area contributed by atoms with E-state index in [-0.39, 0.29) is 12.1 Å². The fourth-order valence-electron chi connectivity index (χ4n) is 3.32. The molecule has 3 heterocycles. The van der Waals surface area contributed by atoms with E-state index in [2.05, 4.69) is 16.7 Å². The Labute approximate surface area is 129 Å². The zero-order valence-corrected chi connectivity index (χ0v) is 13.8. The van der Waals surface area contributed by atoms with Crippen molar-refractivity contribution in [2.45, 2.75) is 25.6 Å². The number of fused-ring (bicyclic) bond motifs is 1. The number of nitrogens with zero attached hydrogens (tertiary/aromatic N) is 2. The van der Waals surface area contributed by atoms with Crippen LogP contribution in [0.4, 0.5) is 0 Å². The van der Waals surface area contributed by atoms with Crippen LogP contribution >= 0.6 is 22.9 Å². The monoisotopic (exact) mass is 334 g/mol. The molecule has 0 aliphatic carbocycles. The minimum Gasteiger partial charge on any atom is -0.297 e. The number of piperazine rings is 1. The minimum atomic E-state index is -2.90. The molecule has 0 saturated carbocycles. The summed E-state index contributed by atoms with van der Waals surface area (Å²) in [5, 5.41) is 0. The summed E-state index contributed by atoms with van der Waals surface area (Å²) in [6, 6.07) is 4.24. The smallest absolute Gasteiger partial charge is 0.153 e. The minimum absolute atomic E-state index is 0.134. The summed E-state index contributed by atoms with van der Waals surface area (Å²) in [5.74, 6) is 0.612. The number of thiophene rings is 1. The third-order valence-electron chi connectivity index (χ3n) is 4.30. The molecular formula is C13H19ClN2O2S2. The van der Waals surface area contributed by atoms with Gasteiger partial charge < -0.3 is 0 Å². The van der Waals surface area contributed by atoms with Gasteiger partial charge in [0.05, 0.1) is 15.8 Å². The standard InChI is InChI=1S/C13H19ClN2O2S2/c1-2-15-5-6-16(7-10-3-4-13(14)19-10)12-9-20(17,18)8-11(12)15/h3-4,11-12H,2,5-9H2,1H3/t11-,12+/m0/s1. The molecule has 1 aromatic heterocycles. The van der Waals surface area contributed by atoms with E-state index in [0.717, 1.165) is 30.5 Å². The van der Waals surface area contributed by atoms with Crippen LogP contribution in [0.25, 0.3) is 0 Å². The van der Waals surface area contributed by atoms with E-state index in [4.69, 9.17) is 11.6 Å². The molecule has 112 valence electrons. The first kappa shape index (κ1) is 14.8. The van der Waals surface area contributed by atoms with Gasteiger partial charge in [-0.05, 0) is 18.7 Å². The lowest BCUT2D eigenvalue weighted by Gasteiger charge is -2.43. The average molecular weight is 335 g/mol. The normalized spacial score (nSPS) is 30.5. The van der Waals surface area contributed by atoms with Crippen LogP contribution in [-0.4, -0.2) is 61.4 Å². The van der Waals surface area contributed by atoms with Crippen LogP contribution in [0.2, 0.25) is 4.34 Å². The Morgan fingerprint density at radius 2 is 1.90 bits per heavy atom. The highest BCUT2D eigenvalue weighted by Gasteiger charge is 2.45. The number of sulfone groups is 1. The van der Waals surface area contributed by atoms with Crippen molar-refractivity contribution in [3.8, 4) is 0 Å². The molecule has 2 fully saturated rings. The Morgan fingerprint density at radius 1 is 1.25 bits per heavy atom. The molecule has 0 spiro atoms. The van der Waals surface area contributed by atoms with Crippen LogP contribution in [0, 0.1) is 0 Å². The van der Waals surface area contributed by atoms with Gasteiger partial charge in [0.2, 0.25) is 0 Å². The molecule has 2 aliphatic rings. The van der Waals surface area contributed by atoms with Gasteiger partial charge in [0, 0.05) is 36.6 Å². The molecule has 0 N–H and O–H groups in total. The molecular weight excluding hydrogens is 316 g/mol. The molecule has 20 heavy (non-hydrogen) atoms. The van der Waals surface area contributed by atoms with Crippen molar-refractivity contribution in [2.75, 3.05) is 31.1 Å². The lowest BCUT2D eigenvalue weighted by atomic mass is 10.0. The summed E-state index contributed by atoms with van der Waals surface area (Å²) in [6.45, 7) is 5.73. The number of rotatable bonds is 3. The zero-order chi connectivity index (χ0) is 14.3. The second-order valence-corrected chi connectivity index (χ2v) is 9.47. The number of likely N-dealkylation sites (N-methyl/N-ethyl adjacent to an activating group) is 1. The van der Waals surface area contributed by atoms with E-state index < -0.39 is 9.84 Å². The summed E-state index contributed by atoms with van der Waals surface area (Å²) in [5.41, 5.74) is 0. The largest absolute Gasteiger partial charge is 0.297 e. The lowest BCUT2D eigenvalue weighted by molar-refractivity contribution is 0.0445. The van der Waals surface area contributed by atoms with E-state index in [1.807, 2.05) is 12.1 Å². The maximum absolute atomic E-state index is 12.0. The van der Waals surface area contributed by atoms with Crippen molar-refractivity contribution in [1.29, 1.82) is 0 Å². The first-order chi connectivity index (χ1) is 9.48. The van der Waals surface area contributed by atoms with Gasteiger partial charge >= 0.3 is 0 Å². The van der Waals surface area contributed by atoms with Crippen LogP contribution in [-0.2, 0) is 16.4 Å². The van der Waals surface area contributed by atoms with Crippen LogP contribution < -0.4 is 0 Å². The van der Waals surface area contributed by atoms with Crippen LogP contribution in [0.3, 0.4) is 0 Å². The van der Waals surface area contributed by atoms with Crippen molar-refractivity contribution < 1.29 is 8.42 Å². The first-order valence-electron chi connectivity index (χ1n) is 6.91. The van der Waals surface area contributed by atoms with E-state index in [1.54, 1.807) is 11.3 Å². The lowest BCUT2D eigenvalue weighted by Crippen LogP contribution is -2.58. The summed E-state index contributed by atoms with van der Waals surface area (Å²) in [6.07, 6.45) is 0. The fraction of sp³-hybridized carbons (Fsp3) is 0.692. The molecule has 3 rings (SSSR count). The van der Waals surface area contributed by atoms with Crippen LogP contribution in [0.1, 0.15) is 11.8 Å². The van der Waals surface area contributed by atoms with E-state index >= 15 is 0 Å². The molecule has 2 atom stereocenters. The predicted molar refractivity (Wildman–Crippen MR) is 83.2 cm³/mol. The van der Waals surface area contributed by atoms with Crippen LogP contribution in [0.15, 0.2) is 12.1 Å². The third kappa shape index (κ3) is 2.90. The second kappa shape index (κ2) is 5.57. The summed E-state index contributed by atoms with van der Waals surface area (Å²) in [4.78, 5) is 5.85. The van der Waals surface area contributed by atoms with Gasteiger partial charge in [0.15, 0.2) is 9.84 Å². The highest BCUT2D eigenvalue weighted by molar-refractivity contribution is 7.91. The average Bonchev–Trinajstić information content (AvgIpc) is 2.92. The zero-order valence-electron chi connectivity index (χ0n) is 11.5. The molecule has 0 amide bonds. The van der Waals surface area contributed by atoms with Crippen LogP contribution in [0.5, 0.6) is 0 Å². The van der Waals surface area contributed by atoms with Gasteiger partial charge in [-0.25, -0.2) is 8.42 Å². The molecule has 2 aliphatic heterocycles. The van der Waals surface area contributed by atoms with Crippen molar-refractivity contribution in [3.05, 3.63) is 21.3 Å². The third-order valence-corrected chi connectivity index (χ3v) is 7.21. The molecule has 4 nitrogen and oxygen atoms in total. The molecule has 1 aromatic rings. The van der Waals surface area contributed by atoms with Gasteiger partial charge in [-0.15, -0.1) is 11.3 Å². The second-order valence-electron chi connectivity index (χ2n) is 5.52. The Hall–Kier alpha value is -0.140. The number of hydrogen-bond acceptors (Lipinski definition) is 5. The predicted octanol–water partition coefficient (Wildman–Crippen LogP) is 1.70. The van der Waals surface area contributed by atoms with E-state index in [1.165, 1.54) is 4.88 Å². The quantitative estimate of drug-likeness (QED) is 0.843. The summed E-state index contributed by atoms with van der Waals surface area (Å²) in [7, 11) is -2.90. The first-order valence-corrected chi connectivity index (χ1v) is 9.93. The number of halogens is 1. The van der Waals surface area contributed by atoms with Crippen molar-refractivity contribution >= 4 is 32.8 Å². The Kier molecular flexibility index (Phi) is 4.12. The highest BCUT2D eigenvalue weighted by atomic mass is 35.5.